The van der Waals surface area contributed by atoms with E-state index in [1.165, 1.54) is 0 Å². The molecule has 0 unspecified atom stereocenters. The molecule has 8 heteroatoms. The topological polar surface area (TPSA) is 81.0 Å². The number of nitrogens with one attached hydrogen (secondary N) is 1. The van der Waals surface area contributed by atoms with Crippen molar-refractivity contribution in [3.63, 3.8) is 0 Å². The number of rotatable bonds is 7. The molecule has 0 bridgehead atoms. The molecule has 1 N–H and O–H groups in total. The summed E-state index contributed by atoms with van der Waals surface area (Å²) in [6, 6.07) is 19.9. The third kappa shape index (κ3) is 4.84. The summed E-state index contributed by atoms with van der Waals surface area (Å²) < 4.78 is 12.6. The molecule has 0 spiro atoms. The number of piperidine rings is 1. The molecule has 4 aromatic rings. The summed E-state index contributed by atoms with van der Waals surface area (Å²) in [5.41, 5.74) is 4.67. The van der Waals surface area contributed by atoms with Crippen molar-refractivity contribution in [1.29, 1.82) is 0 Å². The van der Waals surface area contributed by atoms with Crippen LogP contribution in [0, 0.1) is 12.8 Å². The highest BCUT2D eigenvalue weighted by atomic mass is 16.5. The zero-order valence-corrected chi connectivity index (χ0v) is 20.9. The summed E-state index contributed by atoms with van der Waals surface area (Å²) in [6.07, 6.45) is 1.56. The van der Waals surface area contributed by atoms with Gasteiger partial charge in [-0.05, 0) is 31.9 Å². The molecule has 1 aliphatic rings. The largest absolute Gasteiger partial charge is 0.497 e. The molecule has 3 heterocycles. The standard InChI is InChI=1S/C28H31N5O3/c1-19-15-27(33-26(30-19)17-24(31-33)20-7-5-4-6-8-20)32-13-11-21(12-14-32)28(34)29-18-22-9-10-23(35-2)16-25(22)36-3/h4-10,15-17,21H,11-14,18H2,1-3H3,(H,29,34). The second kappa shape index (κ2) is 10.3. The number of methoxy groups -OCH3 is 2. The van der Waals surface area contributed by atoms with Gasteiger partial charge in [0.15, 0.2) is 5.65 Å². The molecule has 1 fully saturated rings. The van der Waals surface area contributed by atoms with Gasteiger partial charge in [0.1, 0.15) is 17.3 Å². The van der Waals surface area contributed by atoms with E-state index in [1.807, 2.05) is 53.9 Å². The van der Waals surface area contributed by atoms with Gasteiger partial charge < -0.3 is 19.7 Å². The first-order valence-electron chi connectivity index (χ1n) is 12.2. The van der Waals surface area contributed by atoms with Crippen LogP contribution in [-0.4, -0.2) is 47.8 Å². The molecule has 1 amide bonds. The lowest BCUT2D eigenvalue weighted by Crippen LogP contribution is -2.41. The predicted molar refractivity (Wildman–Crippen MR) is 139 cm³/mol. The Morgan fingerprint density at radius 3 is 2.53 bits per heavy atom. The van der Waals surface area contributed by atoms with Crippen LogP contribution < -0.4 is 19.7 Å². The molecule has 1 saturated heterocycles. The third-order valence-electron chi connectivity index (χ3n) is 6.74. The van der Waals surface area contributed by atoms with Crippen molar-refractivity contribution >= 4 is 17.4 Å². The normalized spacial score (nSPS) is 14.1. The lowest BCUT2D eigenvalue weighted by atomic mass is 9.95. The van der Waals surface area contributed by atoms with Crippen LogP contribution >= 0.6 is 0 Å². The molecule has 0 atom stereocenters. The maximum Gasteiger partial charge on any atom is 0.223 e. The van der Waals surface area contributed by atoms with Gasteiger partial charge in [0.05, 0.1) is 19.9 Å². The molecule has 36 heavy (non-hydrogen) atoms. The van der Waals surface area contributed by atoms with E-state index in [0.29, 0.717) is 12.3 Å². The Kier molecular flexibility index (Phi) is 6.75. The van der Waals surface area contributed by atoms with E-state index in [-0.39, 0.29) is 11.8 Å². The van der Waals surface area contributed by atoms with Crippen molar-refractivity contribution in [3.8, 4) is 22.8 Å². The van der Waals surface area contributed by atoms with Crippen LogP contribution in [-0.2, 0) is 11.3 Å². The van der Waals surface area contributed by atoms with Crippen molar-refractivity contribution in [2.45, 2.75) is 26.3 Å². The van der Waals surface area contributed by atoms with Crippen LogP contribution in [0.5, 0.6) is 11.5 Å². The zero-order chi connectivity index (χ0) is 25.1. The van der Waals surface area contributed by atoms with Gasteiger partial charge >= 0.3 is 0 Å². The Labute approximate surface area is 210 Å². The molecule has 0 radical (unpaired) electrons. The lowest BCUT2D eigenvalue weighted by Gasteiger charge is -2.33. The zero-order valence-electron chi connectivity index (χ0n) is 20.9. The number of aromatic nitrogens is 3. The number of hydrogen-bond donors (Lipinski definition) is 1. The highest BCUT2D eigenvalue weighted by molar-refractivity contribution is 5.79. The molecular formula is C28H31N5O3. The number of ether oxygens (including phenoxy) is 2. The van der Waals surface area contributed by atoms with Crippen molar-refractivity contribution in [2.75, 3.05) is 32.2 Å². The average molecular weight is 486 g/mol. The number of anilines is 1. The number of benzene rings is 2. The minimum Gasteiger partial charge on any atom is -0.497 e. The van der Waals surface area contributed by atoms with Gasteiger partial charge in [0, 0.05) is 60.6 Å². The van der Waals surface area contributed by atoms with Crippen molar-refractivity contribution < 1.29 is 14.3 Å². The second-order valence-corrected chi connectivity index (χ2v) is 9.08. The smallest absolute Gasteiger partial charge is 0.223 e. The Bertz CT molecular complexity index is 1360. The summed E-state index contributed by atoms with van der Waals surface area (Å²) in [5, 5.41) is 7.95. The van der Waals surface area contributed by atoms with Crippen molar-refractivity contribution in [2.24, 2.45) is 5.92 Å². The molecule has 0 saturated carbocycles. The maximum absolute atomic E-state index is 12.9. The van der Waals surface area contributed by atoms with Crippen molar-refractivity contribution in [1.82, 2.24) is 19.9 Å². The van der Waals surface area contributed by atoms with Gasteiger partial charge in [0.25, 0.3) is 0 Å². The highest BCUT2D eigenvalue weighted by Crippen LogP contribution is 2.28. The van der Waals surface area contributed by atoms with Crippen molar-refractivity contribution in [3.05, 3.63) is 71.9 Å². The predicted octanol–water partition coefficient (Wildman–Crippen LogP) is 4.25. The van der Waals surface area contributed by atoms with E-state index < -0.39 is 0 Å². The first-order valence-corrected chi connectivity index (χ1v) is 12.2. The van der Waals surface area contributed by atoms with Gasteiger partial charge in [-0.3, -0.25) is 4.79 Å². The minimum atomic E-state index is -0.0265. The number of nitrogens with zero attached hydrogens (tertiary/aromatic N) is 4. The van der Waals surface area contributed by atoms with Gasteiger partial charge in [-0.25, -0.2) is 4.98 Å². The molecule has 5 rings (SSSR count). The van der Waals surface area contributed by atoms with E-state index in [0.717, 1.165) is 65.7 Å². The van der Waals surface area contributed by atoms with Gasteiger partial charge in [0.2, 0.25) is 5.91 Å². The number of amides is 1. The summed E-state index contributed by atoms with van der Waals surface area (Å²) in [5.74, 6) is 2.50. The minimum absolute atomic E-state index is 0.0265. The van der Waals surface area contributed by atoms with E-state index in [2.05, 4.69) is 28.4 Å². The fraction of sp³-hybridized carbons (Fsp3) is 0.321. The summed E-state index contributed by atoms with van der Waals surface area (Å²) in [7, 11) is 3.24. The van der Waals surface area contributed by atoms with E-state index in [4.69, 9.17) is 19.6 Å². The number of aryl methyl sites for hydroxylation is 1. The van der Waals surface area contributed by atoms with Crippen LogP contribution in [0.1, 0.15) is 24.1 Å². The van der Waals surface area contributed by atoms with Crippen LogP contribution in [0.3, 0.4) is 0 Å². The lowest BCUT2D eigenvalue weighted by molar-refractivity contribution is -0.125. The Balaban J connectivity index is 1.25. The van der Waals surface area contributed by atoms with Gasteiger partial charge in [-0.15, -0.1) is 0 Å². The first kappa shape index (κ1) is 23.7. The number of fused-ring (bicyclic) bond motifs is 1. The molecule has 0 aliphatic carbocycles. The van der Waals surface area contributed by atoms with E-state index >= 15 is 0 Å². The Morgan fingerprint density at radius 1 is 1.03 bits per heavy atom. The van der Waals surface area contributed by atoms with Crippen LogP contribution in [0.25, 0.3) is 16.9 Å². The van der Waals surface area contributed by atoms with E-state index in [9.17, 15) is 4.79 Å². The maximum atomic E-state index is 12.9. The number of hydrogen-bond acceptors (Lipinski definition) is 6. The molecular weight excluding hydrogens is 454 g/mol. The van der Waals surface area contributed by atoms with Crippen LogP contribution in [0.15, 0.2) is 60.7 Å². The monoisotopic (exact) mass is 485 g/mol. The Morgan fingerprint density at radius 2 is 1.81 bits per heavy atom. The average Bonchev–Trinajstić information content (AvgIpc) is 3.35. The number of carbonyl (C=O) groups excluding carboxylic acids is 1. The van der Waals surface area contributed by atoms with Gasteiger partial charge in [-0.2, -0.15) is 9.61 Å². The summed E-state index contributed by atoms with van der Waals surface area (Å²) >= 11 is 0. The SMILES string of the molecule is COc1ccc(CNC(=O)C2CCN(c3cc(C)nc4cc(-c5ccccc5)nn34)CC2)c(OC)c1. The molecule has 8 nitrogen and oxygen atoms in total. The fourth-order valence-corrected chi connectivity index (χ4v) is 4.75. The molecule has 2 aromatic heterocycles. The van der Waals surface area contributed by atoms with Gasteiger partial charge in [-0.1, -0.05) is 30.3 Å². The fourth-order valence-electron chi connectivity index (χ4n) is 4.75. The molecule has 1 aliphatic heterocycles. The highest BCUT2D eigenvalue weighted by Gasteiger charge is 2.27. The molecule has 186 valence electrons. The summed E-state index contributed by atoms with van der Waals surface area (Å²) in [4.78, 5) is 19.9. The second-order valence-electron chi connectivity index (χ2n) is 9.08. The summed E-state index contributed by atoms with van der Waals surface area (Å²) in [6.45, 7) is 3.99. The third-order valence-corrected chi connectivity index (χ3v) is 6.74. The molecule has 2 aromatic carbocycles. The van der Waals surface area contributed by atoms with Crippen LogP contribution in [0.2, 0.25) is 0 Å². The van der Waals surface area contributed by atoms with Crippen LogP contribution in [0.4, 0.5) is 5.82 Å². The Hall–Kier alpha value is -4.07. The number of carbonyl (C=O) groups is 1. The van der Waals surface area contributed by atoms with E-state index in [1.54, 1.807) is 14.2 Å². The quantitative estimate of drug-likeness (QED) is 0.421. The first-order chi connectivity index (χ1) is 17.6.